The molecule has 2 aromatic heterocycles. The Morgan fingerprint density at radius 3 is 2.72 bits per heavy atom. The first-order valence-corrected chi connectivity index (χ1v) is 10.7. The van der Waals surface area contributed by atoms with Gasteiger partial charge in [0.05, 0.1) is 24.3 Å². The zero-order chi connectivity index (χ0) is 20.1. The molecule has 0 atom stereocenters. The maximum Gasteiger partial charge on any atom is 0.165 e. The standard InChI is InChI=1S/C22H21FIN3O2/c1-26-18-11-16-19(9-14(18)12-25-26)27(15-3-4-17(23)20(10-15)28-2)22(21(16)24)13-5-7-29-8-6-13/h3-4,9-13H,5-8H2,1-2H3. The SMILES string of the molecule is COc1cc(-n2c(C3CCOCC3)c(I)c3cc4c(cnn4C)cc32)ccc1F. The van der Waals surface area contributed by atoms with Gasteiger partial charge in [0, 0.05) is 58.0 Å². The Hall–Kier alpha value is -2.13. The predicted molar refractivity (Wildman–Crippen MR) is 120 cm³/mol. The second-order valence-electron chi connectivity index (χ2n) is 7.44. The highest BCUT2D eigenvalue weighted by Gasteiger charge is 2.27. The second kappa shape index (κ2) is 7.28. The number of halogens is 2. The molecule has 150 valence electrons. The summed E-state index contributed by atoms with van der Waals surface area (Å²) in [6.07, 6.45) is 3.84. The van der Waals surface area contributed by atoms with Gasteiger partial charge in [-0.3, -0.25) is 4.68 Å². The molecule has 0 aliphatic carbocycles. The Morgan fingerprint density at radius 2 is 1.97 bits per heavy atom. The lowest BCUT2D eigenvalue weighted by Gasteiger charge is -2.25. The van der Waals surface area contributed by atoms with Crippen molar-refractivity contribution in [1.29, 1.82) is 0 Å². The van der Waals surface area contributed by atoms with Crippen molar-refractivity contribution in [2.75, 3.05) is 20.3 Å². The van der Waals surface area contributed by atoms with Gasteiger partial charge in [-0.05, 0) is 59.7 Å². The zero-order valence-electron chi connectivity index (χ0n) is 16.3. The van der Waals surface area contributed by atoms with Gasteiger partial charge in [-0.2, -0.15) is 5.10 Å². The van der Waals surface area contributed by atoms with Gasteiger partial charge >= 0.3 is 0 Å². The molecule has 5 nitrogen and oxygen atoms in total. The number of hydrogen-bond acceptors (Lipinski definition) is 3. The number of ether oxygens (including phenoxy) is 2. The van der Waals surface area contributed by atoms with E-state index >= 15 is 0 Å². The molecule has 1 aliphatic rings. The molecule has 29 heavy (non-hydrogen) atoms. The Kier molecular flexibility index (Phi) is 4.74. The average Bonchev–Trinajstić information content (AvgIpc) is 3.25. The fraction of sp³-hybridized carbons (Fsp3) is 0.318. The van der Waals surface area contributed by atoms with E-state index in [1.165, 1.54) is 27.8 Å². The first-order valence-electron chi connectivity index (χ1n) is 9.65. The smallest absolute Gasteiger partial charge is 0.165 e. The Bertz CT molecular complexity index is 1220. The minimum absolute atomic E-state index is 0.250. The molecular formula is C22H21FIN3O2. The van der Waals surface area contributed by atoms with Crippen LogP contribution in [-0.4, -0.2) is 34.7 Å². The minimum atomic E-state index is -0.357. The zero-order valence-corrected chi connectivity index (χ0v) is 18.4. The third-order valence-electron chi connectivity index (χ3n) is 5.81. The molecule has 0 radical (unpaired) electrons. The van der Waals surface area contributed by atoms with Gasteiger partial charge < -0.3 is 14.0 Å². The maximum absolute atomic E-state index is 14.1. The summed E-state index contributed by atoms with van der Waals surface area (Å²) in [5.74, 6) is 0.282. The number of fused-ring (bicyclic) bond motifs is 2. The van der Waals surface area contributed by atoms with Gasteiger partial charge in [-0.25, -0.2) is 4.39 Å². The summed E-state index contributed by atoms with van der Waals surface area (Å²) in [5.41, 5.74) is 4.37. The molecule has 4 aromatic rings. The summed E-state index contributed by atoms with van der Waals surface area (Å²) in [6.45, 7) is 1.53. The molecule has 1 saturated heterocycles. The number of benzene rings is 2. The van der Waals surface area contributed by atoms with Crippen molar-refractivity contribution < 1.29 is 13.9 Å². The van der Waals surface area contributed by atoms with Crippen molar-refractivity contribution in [3.05, 3.63) is 51.6 Å². The summed E-state index contributed by atoms with van der Waals surface area (Å²) in [4.78, 5) is 0. The second-order valence-corrected chi connectivity index (χ2v) is 8.52. The number of methoxy groups -OCH3 is 1. The highest BCUT2D eigenvalue weighted by atomic mass is 127. The van der Waals surface area contributed by atoms with Gasteiger partial charge in [-0.1, -0.05) is 0 Å². The molecule has 0 spiro atoms. The molecule has 7 heteroatoms. The fourth-order valence-electron chi connectivity index (χ4n) is 4.31. The molecular weight excluding hydrogens is 484 g/mol. The van der Waals surface area contributed by atoms with E-state index in [9.17, 15) is 4.39 Å². The lowest BCUT2D eigenvalue weighted by molar-refractivity contribution is 0.0841. The molecule has 1 aliphatic heterocycles. The molecule has 2 aromatic carbocycles. The van der Waals surface area contributed by atoms with Gasteiger partial charge in [0.25, 0.3) is 0 Å². The molecule has 1 fully saturated rings. The van der Waals surface area contributed by atoms with Crippen molar-refractivity contribution in [1.82, 2.24) is 14.3 Å². The highest BCUT2D eigenvalue weighted by Crippen LogP contribution is 2.40. The summed E-state index contributed by atoms with van der Waals surface area (Å²) in [5, 5.41) is 6.67. The Balaban J connectivity index is 1.84. The summed E-state index contributed by atoms with van der Waals surface area (Å²) in [7, 11) is 3.46. The van der Waals surface area contributed by atoms with Crippen molar-refractivity contribution in [3.63, 3.8) is 0 Å². The Morgan fingerprint density at radius 1 is 1.17 bits per heavy atom. The van der Waals surface area contributed by atoms with E-state index in [0.717, 1.165) is 48.2 Å². The van der Waals surface area contributed by atoms with E-state index in [1.54, 1.807) is 6.07 Å². The molecule has 5 rings (SSSR count). The molecule has 0 N–H and O–H groups in total. The number of nitrogens with zero attached hydrogens (tertiary/aromatic N) is 3. The molecule has 0 bridgehead atoms. The van der Waals surface area contributed by atoms with Crippen LogP contribution in [0.3, 0.4) is 0 Å². The van der Waals surface area contributed by atoms with Gasteiger partial charge in [0.1, 0.15) is 0 Å². The predicted octanol–water partition coefficient (Wildman–Crippen LogP) is 5.16. The van der Waals surface area contributed by atoms with Crippen LogP contribution < -0.4 is 4.74 Å². The third-order valence-corrected chi connectivity index (χ3v) is 6.94. The van der Waals surface area contributed by atoms with Crippen molar-refractivity contribution in [2.24, 2.45) is 7.05 Å². The van der Waals surface area contributed by atoms with Crippen LogP contribution in [0.15, 0.2) is 36.5 Å². The number of hydrogen-bond donors (Lipinski definition) is 0. The van der Waals surface area contributed by atoms with Crippen molar-refractivity contribution in [2.45, 2.75) is 18.8 Å². The van der Waals surface area contributed by atoms with Crippen LogP contribution in [0.2, 0.25) is 0 Å². The van der Waals surface area contributed by atoms with Crippen LogP contribution in [0.4, 0.5) is 4.39 Å². The van der Waals surface area contributed by atoms with Gasteiger partial charge in [0.2, 0.25) is 0 Å². The van der Waals surface area contributed by atoms with E-state index in [2.05, 4.69) is 44.4 Å². The van der Waals surface area contributed by atoms with E-state index in [0.29, 0.717) is 5.92 Å². The first-order chi connectivity index (χ1) is 14.1. The summed E-state index contributed by atoms with van der Waals surface area (Å²) >= 11 is 2.46. The van der Waals surface area contributed by atoms with Gasteiger partial charge in [-0.15, -0.1) is 0 Å². The van der Waals surface area contributed by atoms with Crippen LogP contribution in [-0.2, 0) is 11.8 Å². The Labute approximate surface area is 181 Å². The van der Waals surface area contributed by atoms with Gasteiger partial charge in [0.15, 0.2) is 11.6 Å². The van der Waals surface area contributed by atoms with Crippen LogP contribution in [0.25, 0.3) is 27.5 Å². The highest BCUT2D eigenvalue weighted by molar-refractivity contribution is 14.1. The normalized spacial score (nSPS) is 15.4. The number of aromatic nitrogens is 3. The molecule has 3 heterocycles. The topological polar surface area (TPSA) is 41.2 Å². The van der Waals surface area contributed by atoms with E-state index in [4.69, 9.17) is 9.47 Å². The molecule has 0 amide bonds. The first kappa shape index (κ1) is 18.9. The van der Waals surface area contributed by atoms with Crippen LogP contribution in [0, 0.1) is 9.39 Å². The quantitative estimate of drug-likeness (QED) is 0.361. The monoisotopic (exact) mass is 505 g/mol. The van der Waals surface area contributed by atoms with Crippen LogP contribution in [0.5, 0.6) is 5.75 Å². The molecule has 0 saturated carbocycles. The fourth-order valence-corrected chi connectivity index (χ4v) is 5.43. The summed E-state index contributed by atoms with van der Waals surface area (Å²) in [6, 6.07) is 9.46. The summed E-state index contributed by atoms with van der Waals surface area (Å²) < 4.78 is 30.4. The average molecular weight is 505 g/mol. The maximum atomic E-state index is 14.1. The van der Waals surface area contributed by atoms with E-state index in [-0.39, 0.29) is 11.6 Å². The van der Waals surface area contributed by atoms with E-state index in [1.807, 2.05) is 24.0 Å². The number of rotatable bonds is 3. The largest absolute Gasteiger partial charge is 0.494 e. The number of aryl methyl sites for hydroxylation is 1. The lowest BCUT2D eigenvalue weighted by atomic mass is 9.96. The van der Waals surface area contributed by atoms with Crippen molar-refractivity contribution in [3.8, 4) is 11.4 Å². The van der Waals surface area contributed by atoms with Crippen LogP contribution >= 0.6 is 22.6 Å². The van der Waals surface area contributed by atoms with Crippen molar-refractivity contribution >= 4 is 44.4 Å². The minimum Gasteiger partial charge on any atom is -0.494 e. The lowest BCUT2D eigenvalue weighted by Crippen LogP contribution is -2.17. The van der Waals surface area contributed by atoms with Crippen LogP contribution in [0.1, 0.15) is 24.5 Å². The molecule has 0 unspecified atom stereocenters. The van der Waals surface area contributed by atoms with E-state index < -0.39 is 0 Å². The third kappa shape index (κ3) is 3.02.